The maximum atomic E-state index is 12.6. The minimum atomic E-state index is -0.240. The van der Waals surface area contributed by atoms with Crippen LogP contribution in [-0.4, -0.2) is 11.2 Å². The molecule has 1 N–H and O–H groups in total. The molecule has 0 saturated carbocycles. The van der Waals surface area contributed by atoms with E-state index in [1.165, 1.54) is 0 Å². The van der Waals surface area contributed by atoms with Crippen molar-refractivity contribution < 1.29 is 14.0 Å². The molecule has 0 aliphatic carbocycles. The van der Waals surface area contributed by atoms with Gasteiger partial charge in [-0.25, -0.2) is 0 Å². The molecule has 1 aromatic heterocycles. The van der Waals surface area contributed by atoms with Crippen LogP contribution in [0.3, 0.4) is 0 Å². The van der Waals surface area contributed by atoms with Gasteiger partial charge in [-0.2, -0.15) is 0 Å². The molecule has 1 amide bonds. The molecule has 0 atom stereocenters. The Kier molecular flexibility index (Phi) is 4.74. The molecule has 4 aromatic rings. The van der Waals surface area contributed by atoms with Gasteiger partial charge in [0.05, 0.1) is 5.56 Å². The van der Waals surface area contributed by atoms with E-state index >= 15 is 0 Å². The molecular formula is C22H18N3O2+. The van der Waals surface area contributed by atoms with Crippen molar-refractivity contribution in [2.75, 3.05) is 5.32 Å². The number of hydrogen-bond acceptors (Lipinski definition) is 3. The zero-order valence-corrected chi connectivity index (χ0v) is 14.6. The first kappa shape index (κ1) is 16.7. The van der Waals surface area contributed by atoms with Crippen LogP contribution in [0, 0.1) is 0 Å². The molecule has 0 fully saturated rings. The van der Waals surface area contributed by atoms with Gasteiger partial charge in [-0.05, 0) is 28.9 Å². The molecule has 1 heterocycles. The number of carbonyl (C=O) groups excluding carboxylic acids is 1. The number of aromatic nitrogens is 2. The molecule has 0 aliphatic heterocycles. The van der Waals surface area contributed by atoms with Crippen LogP contribution in [-0.2, 0) is 6.54 Å². The summed E-state index contributed by atoms with van der Waals surface area (Å²) in [6.07, 6.45) is 0. The van der Waals surface area contributed by atoms with Gasteiger partial charge in [-0.1, -0.05) is 66.7 Å². The standard InChI is InChI=1S/C22H17N3O2/c26-21(19-14-8-3-9-15-19)23-22-20(18-12-6-2-7-13-18)25(24-27-22)16-17-10-4-1-5-11-17/h1-15H,16H2/p+1. The first-order valence-corrected chi connectivity index (χ1v) is 8.67. The average molecular weight is 356 g/mol. The monoisotopic (exact) mass is 356 g/mol. The summed E-state index contributed by atoms with van der Waals surface area (Å²) in [5, 5.41) is 7.00. The summed E-state index contributed by atoms with van der Waals surface area (Å²) in [5.41, 5.74) is 3.29. The Morgan fingerprint density at radius 3 is 2.11 bits per heavy atom. The van der Waals surface area contributed by atoms with Crippen LogP contribution < -0.4 is 10.00 Å². The minimum absolute atomic E-state index is 0.240. The topological polar surface area (TPSA) is 59.0 Å². The quantitative estimate of drug-likeness (QED) is 0.551. The van der Waals surface area contributed by atoms with Crippen molar-refractivity contribution in [2.24, 2.45) is 0 Å². The molecule has 5 nitrogen and oxygen atoms in total. The number of amides is 1. The van der Waals surface area contributed by atoms with E-state index in [4.69, 9.17) is 4.52 Å². The first-order chi connectivity index (χ1) is 13.3. The van der Waals surface area contributed by atoms with Gasteiger partial charge in [-0.3, -0.25) is 14.6 Å². The number of anilines is 1. The Bertz CT molecular complexity index is 1030. The van der Waals surface area contributed by atoms with Gasteiger partial charge in [0, 0.05) is 11.1 Å². The lowest BCUT2D eigenvalue weighted by molar-refractivity contribution is -0.745. The highest BCUT2D eigenvalue weighted by Crippen LogP contribution is 2.24. The van der Waals surface area contributed by atoms with E-state index in [1.54, 1.807) is 16.8 Å². The minimum Gasteiger partial charge on any atom is -0.284 e. The van der Waals surface area contributed by atoms with Crippen molar-refractivity contribution in [2.45, 2.75) is 6.54 Å². The maximum absolute atomic E-state index is 12.6. The highest BCUT2D eigenvalue weighted by Gasteiger charge is 2.28. The van der Waals surface area contributed by atoms with Gasteiger partial charge in [0.2, 0.25) is 11.8 Å². The smallest absolute Gasteiger partial charge is 0.284 e. The maximum Gasteiger partial charge on any atom is 0.311 e. The number of benzene rings is 3. The molecule has 27 heavy (non-hydrogen) atoms. The fourth-order valence-electron chi connectivity index (χ4n) is 2.88. The van der Waals surface area contributed by atoms with Crippen LogP contribution in [0.1, 0.15) is 15.9 Å². The second kappa shape index (κ2) is 7.66. The van der Waals surface area contributed by atoms with Crippen molar-refractivity contribution in [1.82, 2.24) is 5.27 Å². The largest absolute Gasteiger partial charge is 0.311 e. The second-order valence-corrected chi connectivity index (χ2v) is 6.08. The van der Waals surface area contributed by atoms with Crippen molar-refractivity contribution >= 4 is 11.8 Å². The highest BCUT2D eigenvalue weighted by atomic mass is 16.5. The molecule has 0 bridgehead atoms. The molecule has 3 aromatic carbocycles. The Balaban J connectivity index is 1.70. The lowest BCUT2D eigenvalue weighted by Crippen LogP contribution is -2.38. The van der Waals surface area contributed by atoms with E-state index < -0.39 is 0 Å². The normalized spacial score (nSPS) is 10.5. The van der Waals surface area contributed by atoms with Gasteiger partial charge < -0.3 is 0 Å². The van der Waals surface area contributed by atoms with Gasteiger partial charge >= 0.3 is 11.6 Å². The van der Waals surface area contributed by atoms with Gasteiger partial charge in [-0.15, -0.1) is 0 Å². The van der Waals surface area contributed by atoms with Crippen LogP contribution in [0.15, 0.2) is 95.5 Å². The van der Waals surface area contributed by atoms with E-state index in [2.05, 4.69) is 10.6 Å². The van der Waals surface area contributed by atoms with Crippen molar-refractivity contribution in [3.63, 3.8) is 0 Å². The van der Waals surface area contributed by atoms with Crippen LogP contribution in [0.25, 0.3) is 11.3 Å². The molecule has 0 saturated heterocycles. The Morgan fingerprint density at radius 2 is 1.44 bits per heavy atom. The zero-order valence-electron chi connectivity index (χ0n) is 14.6. The number of rotatable bonds is 5. The van der Waals surface area contributed by atoms with Crippen molar-refractivity contribution in [1.29, 1.82) is 0 Å². The molecule has 4 rings (SSSR count). The van der Waals surface area contributed by atoms with Crippen LogP contribution in [0.2, 0.25) is 0 Å². The summed E-state index contributed by atoms with van der Waals surface area (Å²) < 4.78 is 7.25. The molecule has 0 radical (unpaired) electrons. The fourth-order valence-corrected chi connectivity index (χ4v) is 2.88. The molecule has 132 valence electrons. The molecule has 0 aliphatic rings. The molecular weight excluding hydrogens is 338 g/mol. The van der Waals surface area contributed by atoms with Gasteiger partial charge in [0.1, 0.15) is 0 Å². The van der Waals surface area contributed by atoms with Crippen molar-refractivity contribution in [3.8, 4) is 11.3 Å². The third-order valence-corrected chi connectivity index (χ3v) is 4.19. The summed E-state index contributed by atoms with van der Waals surface area (Å²) in [6.45, 7) is 0.537. The average Bonchev–Trinajstić information content (AvgIpc) is 3.12. The number of nitrogens with one attached hydrogen (secondary N) is 1. The second-order valence-electron chi connectivity index (χ2n) is 6.08. The number of nitrogens with zero attached hydrogens (tertiary/aromatic N) is 2. The lowest BCUT2D eigenvalue weighted by Gasteiger charge is -2.02. The summed E-state index contributed by atoms with van der Waals surface area (Å²) in [7, 11) is 0. The predicted molar refractivity (Wildman–Crippen MR) is 102 cm³/mol. The first-order valence-electron chi connectivity index (χ1n) is 8.67. The van der Waals surface area contributed by atoms with Gasteiger partial charge in [0.25, 0.3) is 5.91 Å². The molecule has 0 spiro atoms. The molecule has 5 heteroatoms. The predicted octanol–water partition coefficient (Wildman–Crippen LogP) is 3.93. The summed E-state index contributed by atoms with van der Waals surface area (Å²) in [5.74, 6) is 0.0850. The Morgan fingerprint density at radius 1 is 0.852 bits per heavy atom. The van der Waals surface area contributed by atoms with Crippen LogP contribution >= 0.6 is 0 Å². The Hall–Kier alpha value is -3.73. The van der Waals surface area contributed by atoms with Crippen LogP contribution in [0.5, 0.6) is 0 Å². The highest BCUT2D eigenvalue weighted by molar-refractivity contribution is 6.04. The number of carbonyl (C=O) groups is 1. The van der Waals surface area contributed by atoms with E-state index in [0.29, 0.717) is 18.0 Å². The lowest BCUT2D eigenvalue weighted by atomic mass is 10.1. The van der Waals surface area contributed by atoms with E-state index in [1.807, 2.05) is 78.9 Å². The third-order valence-electron chi connectivity index (χ3n) is 4.19. The third kappa shape index (κ3) is 3.77. The fraction of sp³-hybridized carbons (Fsp3) is 0.0455. The summed E-state index contributed by atoms with van der Waals surface area (Å²) in [6, 6.07) is 28.8. The van der Waals surface area contributed by atoms with Gasteiger partial charge in [0.15, 0.2) is 0 Å². The van der Waals surface area contributed by atoms with E-state index in [0.717, 1.165) is 16.8 Å². The Labute approximate surface area is 156 Å². The molecule has 0 unspecified atom stereocenters. The van der Waals surface area contributed by atoms with Crippen LogP contribution in [0.4, 0.5) is 5.88 Å². The van der Waals surface area contributed by atoms with E-state index in [-0.39, 0.29) is 5.91 Å². The summed E-state index contributed by atoms with van der Waals surface area (Å²) in [4.78, 5) is 12.6. The van der Waals surface area contributed by atoms with E-state index in [9.17, 15) is 4.79 Å². The number of hydrogen-bond donors (Lipinski definition) is 1. The summed E-state index contributed by atoms with van der Waals surface area (Å²) >= 11 is 0. The SMILES string of the molecule is O=C(Nc1on[n+](Cc2ccccc2)c1-c1ccccc1)c1ccccc1. The van der Waals surface area contributed by atoms with Crippen molar-refractivity contribution in [3.05, 3.63) is 102 Å². The zero-order chi connectivity index (χ0) is 18.5.